The van der Waals surface area contributed by atoms with E-state index in [0.717, 1.165) is 22.6 Å². The van der Waals surface area contributed by atoms with Gasteiger partial charge in [-0.15, -0.1) is 0 Å². The van der Waals surface area contributed by atoms with Crippen LogP contribution in [0.4, 0.5) is 5.69 Å². The molecular weight excluding hydrogens is 458 g/mol. The lowest BCUT2D eigenvalue weighted by molar-refractivity contribution is -0.115. The molecule has 1 aliphatic rings. The van der Waals surface area contributed by atoms with Gasteiger partial charge >= 0.3 is 5.97 Å². The number of thioether (sulfide) groups is 1. The van der Waals surface area contributed by atoms with Crippen LogP contribution in [0.15, 0.2) is 64.5 Å². The second-order valence-electron chi connectivity index (χ2n) is 7.39. The topological polar surface area (TPSA) is 72.7 Å². The van der Waals surface area contributed by atoms with E-state index in [0.29, 0.717) is 33.0 Å². The molecule has 0 atom stereocenters. The standard InChI is InChI=1S/C25H22ClN3O3S/c1-4-32-24(31)17-5-11-21(12-6-17)29-15(2)13-18(16(29)3)14-22-23(30)28-25(33-22)27-20-9-7-19(26)8-10-20/h5-14H,4H2,1-3H3,(H,27,28,30)/b22-14-. The Morgan fingerprint density at radius 2 is 1.85 bits per heavy atom. The molecule has 0 bridgehead atoms. The van der Waals surface area contributed by atoms with Crippen LogP contribution < -0.4 is 5.32 Å². The van der Waals surface area contributed by atoms with Crippen molar-refractivity contribution in [1.29, 1.82) is 0 Å². The highest BCUT2D eigenvalue weighted by Gasteiger charge is 2.24. The van der Waals surface area contributed by atoms with Crippen LogP contribution in [0.5, 0.6) is 0 Å². The molecule has 0 radical (unpaired) electrons. The fourth-order valence-electron chi connectivity index (χ4n) is 3.55. The highest BCUT2D eigenvalue weighted by molar-refractivity contribution is 8.18. The molecule has 1 amide bonds. The van der Waals surface area contributed by atoms with Crippen molar-refractivity contribution in [3.63, 3.8) is 0 Å². The number of nitrogens with one attached hydrogen (secondary N) is 1. The smallest absolute Gasteiger partial charge is 0.338 e. The van der Waals surface area contributed by atoms with Crippen LogP contribution in [-0.2, 0) is 9.53 Å². The minimum absolute atomic E-state index is 0.184. The number of nitrogens with zero attached hydrogens (tertiary/aromatic N) is 2. The van der Waals surface area contributed by atoms with Crippen molar-refractivity contribution in [2.75, 3.05) is 6.61 Å². The number of halogens is 1. The maximum absolute atomic E-state index is 12.5. The maximum Gasteiger partial charge on any atom is 0.338 e. The van der Waals surface area contributed by atoms with Crippen molar-refractivity contribution in [2.24, 2.45) is 4.99 Å². The number of aliphatic imine (C=N–C) groups is 1. The summed E-state index contributed by atoms with van der Waals surface area (Å²) in [6.07, 6.45) is 1.87. The molecule has 4 rings (SSSR count). The third-order valence-electron chi connectivity index (χ3n) is 5.10. The first kappa shape index (κ1) is 22.9. The first-order chi connectivity index (χ1) is 15.9. The van der Waals surface area contributed by atoms with Crippen LogP contribution in [0, 0.1) is 13.8 Å². The zero-order valence-corrected chi connectivity index (χ0v) is 20.0. The molecule has 8 heteroatoms. The third-order valence-corrected chi connectivity index (χ3v) is 6.26. The number of amidine groups is 1. The van der Waals surface area contributed by atoms with Gasteiger partial charge in [0.1, 0.15) is 0 Å². The number of carbonyl (C=O) groups excluding carboxylic acids is 2. The lowest BCUT2D eigenvalue weighted by Gasteiger charge is -2.10. The highest BCUT2D eigenvalue weighted by atomic mass is 35.5. The minimum atomic E-state index is -0.337. The number of esters is 1. The molecule has 3 aromatic rings. The Kier molecular flexibility index (Phi) is 6.72. The number of amides is 1. The van der Waals surface area contributed by atoms with Crippen LogP contribution in [0.1, 0.15) is 34.2 Å². The lowest BCUT2D eigenvalue weighted by Crippen LogP contribution is -2.19. The third kappa shape index (κ3) is 5.05. The number of carbonyl (C=O) groups is 2. The predicted octanol–water partition coefficient (Wildman–Crippen LogP) is 5.82. The Morgan fingerprint density at radius 1 is 1.15 bits per heavy atom. The second-order valence-corrected chi connectivity index (χ2v) is 8.85. The molecule has 2 heterocycles. The van der Waals surface area contributed by atoms with E-state index in [9.17, 15) is 9.59 Å². The molecule has 1 N–H and O–H groups in total. The van der Waals surface area contributed by atoms with Crippen LogP contribution in [0.2, 0.25) is 5.02 Å². The Morgan fingerprint density at radius 3 is 2.52 bits per heavy atom. The van der Waals surface area contributed by atoms with Gasteiger partial charge in [0.15, 0.2) is 5.17 Å². The van der Waals surface area contributed by atoms with Crippen molar-refractivity contribution in [2.45, 2.75) is 20.8 Å². The zero-order valence-electron chi connectivity index (χ0n) is 18.4. The van der Waals surface area contributed by atoms with Crippen molar-refractivity contribution >= 4 is 52.2 Å². The predicted molar refractivity (Wildman–Crippen MR) is 133 cm³/mol. The molecule has 1 saturated heterocycles. The number of hydrogen-bond acceptors (Lipinski definition) is 5. The van der Waals surface area contributed by atoms with Gasteiger partial charge in [0.25, 0.3) is 5.91 Å². The van der Waals surface area contributed by atoms with E-state index in [1.165, 1.54) is 11.8 Å². The average molecular weight is 480 g/mol. The number of aryl methyl sites for hydroxylation is 1. The average Bonchev–Trinajstić information content (AvgIpc) is 3.28. The van der Waals surface area contributed by atoms with E-state index in [1.807, 2.05) is 38.1 Å². The highest BCUT2D eigenvalue weighted by Crippen LogP contribution is 2.31. The van der Waals surface area contributed by atoms with Crippen molar-refractivity contribution in [3.05, 3.63) is 87.0 Å². The summed E-state index contributed by atoms with van der Waals surface area (Å²) < 4.78 is 7.14. The lowest BCUT2D eigenvalue weighted by atomic mass is 10.2. The summed E-state index contributed by atoms with van der Waals surface area (Å²) in [4.78, 5) is 29.5. The Balaban J connectivity index is 1.58. The van der Waals surface area contributed by atoms with Crippen LogP contribution >= 0.6 is 23.4 Å². The van der Waals surface area contributed by atoms with Gasteiger partial charge in [-0.25, -0.2) is 9.79 Å². The monoisotopic (exact) mass is 479 g/mol. The Bertz CT molecular complexity index is 1280. The summed E-state index contributed by atoms with van der Waals surface area (Å²) in [6, 6.07) is 16.4. The summed E-state index contributed by atoms with van der Waals surface area (Å²) in [7, 11) is 0. The molecule has 33 heavy (non-hydrogen) atoms. The van der Waals surface area contributed by atoms with Crippen LogP contribution in [0.3, 0.4) is 0 Å². The quantitative estimate of drug-likeness (QED) is 0.370. The van der Waals surface area contributed by atoms with Crippen molar-refractivity contribution in [3.8, 4) is 5.69 Å². The van der Waals surface area contributed by atoms with E-state index >= 15 is 0 Å². The molecule has 1 aliphatic heterocycles. The fraction of sp³-hybridized carbons (Fsp3) is 0.160. The van der Waals surface area contributed by atoms with Gasteiger partial charge in [-0.3, -0.25) is 4.79 Å². The molecule has 0 spiro atoms. The van der Waals surface area contributed by atoms with Gasteiger partial charge in [0.05, 0.1) is 22.8 Å². The van der Waals surface area contributed by atoms with E-state index in [2.05, 4.69) is 14.9 Å². The molecule has 2 aromatic carbocycles. The van der Waals surface area contributed by atoms with E-state index in [4.69, 9.17) is 16.3 Å². The number of benzene rings is 2. The summed E-state index contributed by atoms with van der Waals surface area (Å²) >= 11 is 7.22. The summed E-state index contributed by atoms with van der Waals surface area (Å²) in [5.41, 5.74) is 5.09. The van der Waals surface area contributed by atoms with E-state index < -0.39 is 0 Å². The summed E-state index contributed by atoms with van der Waals surface area (Å²) in [5.74, 6) is -0.521. The number of aromatic nitrogens is 1. The fourth-order valence-corrected chi connectivity index (χ4v) is 4.51. The Hall–Kier alpha value is -3.29. The van der Waals surface area contributed by atoms with Gasteiger partial charge < -0.3 is 14.6 Å². The minimum Gasteiger partial charge on any atom is -0.462 e. The van der Waals surface area contributed by atoms with E-state index in [-0.39, 0.29) is 11.9 Å². The molecule has 6 nitrogen and oxygen atoms in total. The maximum atomic E-state index is 12.5. The first-order valence-corrected chi connectivity index (χ1v) is 11.6. The van der Waals surface area contributed by atoms with Crippen molar-refractivity contribution in [1.82, 2.24) is 9.88 Å². The van der Waals surface area contributed by atoms with Gasteiger partial charge in [0.2, 0.25) is 0 Å². The SMILES string of the molecule is CCOC(=O)c1ccc(-n2c(C)cc(/C=C3\SC(=Nc4ccc(Cl)cc4)NC3=O)c2C)cc1. The largest absolute Gasteiger partial charge is 0.462 e. The molecule has 0 saturated carbocycles. The summed E-state index contributed by atoms with van der Waals surface area (Å²) in [5, 5.41) is 3.97. The van der Waals surface area contributed by atoms with E-state index in [1.54, 1.807) is 43.3 Å². The zero-order chi connectivity index (χ0) is 23.5. The molecule has 1 aromatic heterocycles. The Labute approximate surface area is 201 Å². The normalized spacial score (nSPS) is 15.8. The number of hydrogen-bond donors (Lipinski definition) is 1. The molecule has 1 fully saturated rings. The number of ether oxygens (including phenoxy) is 1. The summed E-state index contributed by atoms with van der Waals surface area (Å²) in [6.45, 7) is 6.12. The van der Waals surface area contributed by atoms with Crippen molar-refractivity contribution < 1.29 is 14.3 Å². The molecule has 168 valence electrons. The first-order valence-electron chi connectivity index (χ1n) is 10.4. The van der Waals surface area contributed by atoms with Gasteiger partial charge in [-0.1, -0.05) is 11.6 Å². The van der Waals surface area contributed by atoms with Crippen LogP contribution in [0.25, 0.3) is 11.8 Å². The molecule has 0 aliphatic carbocycles. The number of rotatable bonds is 5. The molecule has 0 unspecified atom stereocenters. The molecular formula is C25H22ClN3O3S. The van der Waals surface area contributed by atoms with Gasteiger partial charge in [-0.2, -0.15) is 0 Å². The second kappa shape index (κ2) is 9.68. The van der Waals surface area contributed by atoms with Crippen LogP contribution in [-0.4, -0.2) is 28.2 Å². The van der Waals surface area contributed by atoms with Gasteiger partial charge in [-0.05, 0) is 98.8 Å². The van der Waals surface area contributed by atoms with Gasteiger partial charge in [0, 0.05) is 22.1 Å².